The second kappa shape index (κ2) is 7.32. The number of benzene rings is 2. The first kappa shape index (κ1) is 19.3. The van der Waals surface area contributed by atoms with Crippen molar-refractivity contribution < 1.29 is 0 Å². The Bertz CT molecular complexity index is 1410. The van der Waals surface area contributed by atoms with Gasteiger partial charge in [-0.1, -0.05) is 42.5 Å². The molecule has 6 rings (SSSR count). The summed E-state index contributed by atoms with van der Waals surface area (Å²) >= 11 is 1.58. The van der Waals surface area contributed by atoms with E-state index in [4.69, 9.17) is 15.7 Å². The molecule has 0 saturated heterocycles. The molecule has 0 amide bonds. The van der Waals surface area contributed by atoms with Crippen LogP contribution >= 0.6 is 11.3 Å². The molecule has 1 fully saturated rings. The second-order valence-corrected chi connectivity index (χ2v) is 9.22. The molecule has 32 heavy (non-hydrogen) atoms. The maximum Gasteiger partial charge on any atom is 0.169 e. The topological polar surface area (TPSA) is 82.5 Å². The van der Waals surface area contributed by atoms with E-state index < -0.39 is 0 Å². The number of aryl methyl sites for hydroxylation is 1. The molecule has 1 aliphatic carbocycles. The first-order valence-electron chi connectivity index (χ1n) is 10.7. The molecule has 1 aliphatic rings. The highest BCUT2D eigenvalue weighted by Crippen LogP contribution is 2.39. The zero-order valence-electron chi connectivity index (χ0n) is 17.7. The molecule has 0 spiro atoms. The van der Waals surface area contributed by atoms with Crippen LogP contribution in [0.2, 0.25) is 0 Å². The maximum atomic E-state index is 6.55. The Morgan fingerprint density at radius 2 is 1.75 bits per heavy atom. The molecule has 0 bridgehead atoms. The molecule has 2 N–H and O–H groups in total. The Morgan fingerprint density at radius 1 is 0.969 bits per heavy atom. The number of aromatic nitrogens is 5. The highest BCUT2D eigenvalue weighted by Gasteiger charge is 2.34. The van der Waals surface area contributed by atoms with Crippen molar-refractivity contribution in [3.8, 4) is 27.8 Å². The molecule has 3 heterocycles. The Hall–Kier alpha value is -3.42. The third kappa shape index (κ3) is 3.04. The number of nitrogens with zero attached hydrogens (tertiary/aromatic N) is 5. The lowest BCUT2D eigenvalue weighted by Crippen LogP contribution is -2.43. The standard InChI is InChI=1S/C25H22N6S/c1-16-21(32-15-28-16)24-29-20-14-27-22(17-6-3-2-4-7-17)30-23(20)31(24)19-10-8-18(9-11-19)25(26)12-5-13-25/h2-4,6-11,14-15H,5,12-13,26H2,1H3. The molecule has 5 aromatic rings. The summed E-state index contributed by atoms with van der Waals surface area (Å²) in [5.74, 6) is 1.51. The fourth-order valence-corrected chi connectivity index (χ4v) is 5.08. The van der Waals surface area contributed by atoms with Crippen LogP contribution in [0.1, 0.15) is 30.5 Å². The molecule has 2 aromatic carbocycles. The first-order chi connectivity index (χ1) is 15.6. The first-order valence-corrected chi connectivity index (χ1v) is 11.6. The zero-order chi connectivity index (χ0) is 21.7. The van der Waals surface area contributed by atoms with Gasteiger partial charge in [0.1, 0.15) is 5.52 Å². The van der Waals surface area contributed by atoms with Gasteiger partial charge in [-0.05, 0) is 43.9 Å². The van der Waals surface area contributed by atoms with E-state index in [2.05, 4.69) is 38.8 Å². The Labute approximate surface area is 189 Å². The number of thiazole rings is 1. The number of hydrogen-bond acceptors (Lipinski definition) is 6. The summed E-state index contributed by atoms with van der Waals surface area (Å²) in [5, 5.41) is 0. The van der Waals surface area contributed by atoms with E-state index in [1.54, 1.807) is 17.5 Å². The average molecular weight is 439 g/mol. The van der Waals surface area contributed by atoms with Crippen molar-refractivity contribution in [1.29, 1.82) is 0 Å². The maximum absolute atomic E-state index is 6.55. The normalized spacial score (nSPS) is 15.1. The van der Waals surface area contributed by atoms with E-state index in [-0.39, 0.29) is 5.54 Å². The minimum atomic E-state index is -0.185. The highest BCUT2D eigenvalue weighted by molar-refractivity contribution is 7.13. The van der Waals surface area contributed by atoms with E-state index in [0.717, 1.165) is 51.7 Å². The molecule has 158 valence electrons. The summed E-state index contributed by atoms with van der Waals surface area (Å²) in [5.41, 5.74) is 13.9. The molecule has 0 atom stereocenters. The van der Waals surface area contributed by atoms with Gasteiger partial charge in [0.05, 0.1) is 22.3 Å². The number of nitrogens with two attached hydrogens (primary N) is 1. The van der Waals surface area contributed by atoms with Gasteiger partial charge in [0.25, 0.3) is 0 Å². The minimum absolute atomic E-state index is 0.185. The van der Waals surface area contributed by atoms with Crippen LogP contribution in [0.4, 0.5) is 0 Å². The van der Waals surface area contributed by atoms with Gasteiger partial charge in [0, 0.05) is 16.8 Å². The van der Waals surface area contributed by atoms with Crippen LogP contribution in [-0.4, -0.2) is 24.5 Å². The van der Waals surface area contributed by atoms with Crippen molar-refractivity contribution in [2.45, 2.75) is 31.7 Å². The summed E-state index contributed by atoms with van der Waals surface area (Å²) in [4.78, 5) is 19.9. The fourth-order valence-electron chi connectivity index (χ4n) is 4.30. The van der Waals surface area contributed by atoms with Crippen LogP contribution < -0.4 is 5.73 Å². The van der Waals surface area contributed by atoms with Gasteiger partial charge >= 0.3 is 0 Å². The van der Waals surface area contributed by atoms with Gasteiger partial charge in [-0.25, -0.2) is 19.9 Å². The lowest BCUT2D eigenvalue weighted by atomic mass is 9.73. The number of rotatable bonds is 4. The lowest BCUT2D eigenvalue weighted by Gasteiger charge is -2.38. The summed E-state index contributed by atoms with van der Waals surface area (Å²) < 4.78 is 2.11. The van der Waals surface area contributed by atoms with E-state index in [0.29, 0.717) is 5.82 Å². The van der Waals surface area contributed by atoms with Crippen LogP contribution in [-0.2, 0) is 5.54 Å². The SMILES string of the molecule is Cc1ncsc1-c1nc2cnc(-c3ccccc3)nc2n1-c1ccc(C2(N)CCC2)cc1. The smallest absolute Gasteiger partial charge is 0.169 e. The summed E-state index contributed by atoms with van der Waals surface area (Å²) in [6.07, 6.45) is 5.08. The van der Waals surface area contributed by atoms with Gasteiger partial charge in [0.15, 0.2) is 17.3 Å². The molecule has 3 aromatic heterocycles. The monoisotopic (exact) mass is 438 g/mol. The predicted octanol–water partition coefficient (Wildman–Crippen LogP) is 5.25. The van der Waals surface area contributed by atoms with Crippen LogP contribution in [0, 0.1) is 6.92 Å². The van der Waals surface area contributed by atoms with Crippen LogP contribution in [0.3, 0.4) is 0 Å². The Kier molecular flexibility index (Phi) is 4.41. The Morgan fingerprint density at radius 3 is 2.41 bits per heavy atom. The van der Waals surface area contributed by atoms with Crippen molar-refractivity contribution in [3.63, 3.8) is 0 Å². The van der Waals surface area contributed by atoms with Gasteiger partial charge in [0.2, 0.25) is 0 Å². The molecule has 1 saturated carbocycles. The van der Waals surface area contributed by atoms with Crippen LogP contribution in [0.5, 0.6) is 0 Å². The van der Waals surface area contributed by atoms with Gasteiger partial charge in [-0.2, -0.15) is 0 Å². The third-order valence-corrected chi connectivity index (χ3v) is 7.25. The van der Waals surface area contributed by atoms with Crippen molar-refractivity contribution >= 4 is 22.5 Å². The number of imidazole rings is 1. The van der Waals surface area contributed by atoms with E-state index >= 15 is 0 Å². The van der Waals surface area contributed by atoms with Gasteiger partial charge < -0.3 is 5.73 Å². The fraction of sp³-hybridized carbons (Fsp3) is 0.200. The molecule has 0 aliphatic heterocycles. The van der Waals surface area contributed by atoms with Crippen molar-refractivity contribution in [2.24, 2.45) is 5.73 Å². The molecule has 0 radical (unpaired) electrons. The van der Waals surface area contributed by atoms with E-state index in [1.807, 2.05) is 42.8 Å². The second-order valence-electron chi connectivity index (χ2n) is 8.36. The third-order valence-electron chi connectivity index (χ3n) is 6.33. The molecule has 7 heteroatoms. The van der Waals surface area contributed by atoms with Gasteiger partial charge in [-0.3, -0.25) is 4.57 Å². The lowest BCUT2D eigenvalue weighted by molar-refractivity contribution is 0.253. The summed E-state index contributed by atoms with van der Waals surface area (Å²) in [6.45, 7) is 2.01. The van der Waals surface area contributed by atoms with E-state index in [1.165, 1.54) is 12.0 Å². The largest absolute Gasteiger partial charge is 0.321 e. The number of hydrogen-bond donors (Lipinski definition) is 1. The Balaban J connectivity index is 1.56. The summed E-state index contributed by atoms with van der Waals surface area (Å²) in [7, 11) is 0. The van der Waals surface area contributed by atoms with Crippen LogP contribution in [0.15, 0.2) is 66.3 Å². The predicted molar refractivity (Wildman–Crippen MR) is 128 cm³/mol. The average Bonchev–Trinajstić information content (AvgIpc) is 3.40. The molecular formula is C25H22N6S. The molecule has 6 nitrogen and oxygen atoms in total. The van der Waals surface area contributed by atoms with E-state index in [9.17, 15) is 0 Å². The molecule has 0 unspecified atom stereocenters. The van der Waals surface area contributed by atoms with Crippen LogP contribution in [0.25, 0.3) is 38.9 Å². The number of fused-ring (bicyclic) bond motifs is 1. The minimum Gasteiger partial charge on any atom is -0.321 e. The molecular weight excluding hydrogens is 416 g/mol. The zero-order valence-corrected chi connectivity index (χ0v) is 18.5. The van der Waals surface area contributed by atoms with Crippen molar-refractivity contribution in [2.75, 3.05) is 0 Å². The quantitative estimate of drug-likeness (QED) is 0.414. The highest BCUT2D eigenvalue weighted by atomic mass is 32.1. The summed E-state index contributed by atoms with van der Waals surface area (Å²) in [6, 6.07) is 18.5. The van der Waals surface area contributed by atoms with Crippen molar-refractivity contribution in [3.05, 3.63) is 77.6 Å². The van der Waals surface area contributed by atoms with Gasteiger partial charge in [-0.15, -0.1) is 11.3 Å². The van der Waals surface area contributed by atoms with Crippen molar-refractivity contribution in [1.82, 2.24) is 24.5 Å².